The molecule has 3 atom stereocenters. The van der Waals surface area contributed by atoms with E-state index in [2.05, 4.69) is 10.2 Å². The van der Waals surface area contributed by atoms with Gasteiger partial charge in [0, 0.05) is 13.1 Å². The van der Waals surface area contributed by atoms with Gasteiger partial charge in [-0.1, -0.05) is 36.4 Å². The van der Waals surface area contributed by atoms with Gasteiger partial charge in [0.1, 0.15) is 11.8 Å². The van der Waals surface area contributed by atoms with Crippen molar-refractivity contribution in [3.05, 3.63) is 59.7 Å². The monoisotopic (exact) mass is 368 g/mol. The molecule has 0 radical (unpaired) electrons. The lowest BCUT2D eigenvalue weighted by Crippen LogP contribution is -2.49. The van der Waals surface area contributed by atoms with Crippen molar-refractivity contribution >= 4 is 11.6 Å². The minimum absolute atomic E-state index is 0.0635. The second-order valence-electron chi connectivity index (χ2n) is 7.22. The first-order valence-electron chi connectivity index (χ1n) is 9.38. The molecule has 1 aliphatic heterocycles. The topological polar surface area (TPSA) is 50.8 Å². The van der Waals surface area contributed by atoms with Gasteiger partial charge >= 0.3 is 0 Å². The summed E-state index contributed by atoms with van der Waals surface area (Å²) in [5.41, 5.74) is 2.73. The van der Waals surface area contributed by atoms with Crippen LogP contribution in [-0.4, -0.2) is 43.2 Å². The number of amides is 1. The molecule has 1 heterocycles. The molecule has 0 saturated carbocycles. The van der Waals surface area contributed by atoms with Crippen molar-refractivity contribution in [3.63, 3.8) is 0 Å². The SMILES string of the molecule is COc1ccc(C)cc1NC(=O)[C@H](c1ccccc1)N1C[C@@H](C)O[C@H](C)C1. The summed E-state index contributed by atoms with van der Waals surface area (Å²) in [6.07, 6.45) is 0.169. The first-order chi connectivity index (χ1) is 13.0. The second kappa shape index (κ2) is 8.55. The fourth-order valence-corrected chi connectivity index (χ4v) is 3.71. The lowest BCUT2D eigenvalue weighted by molar-refractivity contribution is -0.128. The van der Waals surface area contributed by atoms with Crippen molar-refractivity contribution in [2.45, 2.75) is 39.0 Å². The van der Waals surface area contributed by atoms with Crippen LogP contribution in [0.5, 0.6) is 5.75 Å². The van der Waals surface area contributed by atoms with Gasteiger partial charge in [-0.3, -0.25) is 9.69 Å². The van der Waals surface area contributed by atoms with E-state index in [1.165, 1.54) is 0 Å². The summed E-state index contributed by atoms with van der Waals surface area (Å²) in [4.78, 5) is 15.6. The molecule has 27 heavy (non-hydrogen) atoms. The maximum absolute atomic E-state index is 13.4. The smallest absolute Gasteiger partial charge is 0.246 e. The van der Waals surface area contributed by atoms with Crippen LogP contribution in [0.15, 0.2) is 48.5 Å². The predicted octanol–water partition coefficient (Wildman–Crippen LogP) is 3.79. The molecule has 3 rings (SSSR count). The first kappa shape index (κ1) is 19.4. The summed E-state index contributed by atoms with van der Waals surface area (Å²) in [6, 6.07) is 15.3. The van der Waals surface area contributed by atoms with Crippen LogP contribution < -0.4 is 10.1 Å². The zero-order valence-corrected chi connectivity index (χ0v) is 16.4. The van der Waals surface area contributed by atoms with Crippen LogP contribution >= 0.6 is 0 Å². The lowest BCUT2D eigenvalue weighted by Gasteiger charge is -2.39. The first-order valence-corrected chi connectivity index (χ1v) is 9.38. The van der Waals surface area contributed by atoms with Crippen LogP contribution in [0.25, 0.3) is 0 Å². The average Bonchev–Trinajstić information content (AvgIpc) is 2.62. The van der Waals surface area contributed by atoms with Gasteiger partial charge in [-0.05, 0) is 44.0 Å². The number of carbonyl (C=O) groups excluding carboxylic acids is 1. The van der Waals surface area contributed by atoms with Crippen LogP contribution in [0.1, 0.15) is 31.0 Å². The van der Waals surface area contributed by atoms with Crippen molar-refractivity contribution in [1.82, 2.24) is 4.90 Å². The third-order valence-electron chi connectivity index (χ3n) is 4.79. The Morgan fingerprint density at radius 3 is 2.44 bits per heavy atom. The highest BCUT2D eigenvalue weighted by Crippen LogP contribution is 2.30. The molecule has 2 aromatic rings. The minimum Gasteiger partial charge on any atom is -0.495 e. The number of methoxy groups -OCH3 is 1. The summed E-state index contributed by atoms with van der Waals surface area (Å²) in [5.74, 6) is 0.593. The molecule has 0 aliphatic carbocycles. The van der Waals surface area contributed by atoms with E-state index in [0.717, 1.165) is 11.1 Å². The van der Waals surface area contributed by atoms with Crippen LogP contribution in [0.2, 0.25) is 0 Å². The third-order valence-corrected chi connectivity index (χ3v) is 4.79. The number of benzene rings is 2. The molecule has 1 aliphatic rings. The third kappa shape index (κ3) is 4.67. The van der Waals surface area contributed by atoms with Gasteiger partial charge < -0.3 is 14.8 Å². The quantitative estimate of drug-likeness (QED) is 0.872. The van der Waals surface area contributed by atoms with Crippen LogP contribution in [0.4, 0.5) is 5.69 Å². The summed E-state index contributed by atoms with van der Waals surface area (Å²) in [6.45, 7) is 7.51. The van der Waals surface area contributed by atoms with Crippen molar-refractivity contribution in [3.8, 4) is 5.75 Å². The summed E-state index contributed by atoms with van der Waals surface area (Å²) in [7, 11) is 1.61. The van der Waals surface area contributed by atoms with E-state index in [0.29, 0.717) is 24.5 Å². The molecule has 1 fully saturated rings. The Hall–Kier alpha value is -2.37. The van der Waals surface area contributed by atoms with E-state index in [-0.39, 0.29) is 24.2 Å². The molecule has 0 unspecified atom stereocenters. The number of carbonyl (C=O) groups is 1. The zero-order chi connectivity index (χ0) is 19.4. The van der Waals surface area contributed by atoms with Gasteiger partial charge in [-0.25, -0.2) is 0 Å². The van der Waals surface area contributed by atoms with E-state index < -0.39 is 0 Å². The molecule has 0 spiro atoms. The standard InChI is InChI=1S/C22H28N2O3/c1-15-10-11-20(26-4)19(12-15)23-22(25)21(18-8-6-5-7-9-18)24-13-16(2)27-17(3)14-24/h5-12,16-17,21H,13-14H2,1-4H3,(H,23,25)/t16-,17-,21+/m1/s1. The molecule has 1 amide bonds. The van der Waals surface area contributed by atoms with Crippen molar-refractivity contribution in [2.75, 3.05) is 25.5 Å². The Kier molecular flexibility index (Phi) is 6.14. The minimum atomic E-state index is -0.384. The van der Waals surface area contributed by atoms with Gasteiger partial charge in [0.15, 0.2) is 0 Å². The zero-order valence-electron chi connectivity index (χ0n) is 16.4. The molecular formula is C22H28N2O3. The Morgan fingerprint density at radius 1 is 1.15 bits per heavy atom. The van der Waals surface area contributed by atoms with E-state index in [9.17, 15) is 4.79 Å². The molecule has 5 heteroatoms. The summed E-state index contributed by atoms with van der Waals surface area (Å²) in [5, 5.41) is 3.08. The van der Waals surface area contributed by atoms with Gasteiger partial charge in [0.05, 0.1) is 25.0 Å². The number of hydrogen-bond donors (Lipinski definition) is 1. The summed E-state index contributed by atoms with van der Waals surface area (Å²) < 4.78 is 11.3. The molecule has 2 aromatic carbocycles. The fourth-order valence-electron chi connectivity index (χ4n) is 3.71. The van der Waals surface area contributed by atoms with E-state index in [1.807, 2.05) is 69.3 Å². The van der Waals surface area contributed by atoms with Crippen LogP contribution in [-0.2, 0) is 9.53 Å². The number of nitrogens with one attached hydrogen (secondary N) is 1. The van der Waals surface area contributed by atoms with Crippen LogP contribution in [0, 0.1) is 6.92 Å². The molecule has 0 aromatic heterocycles. The number of rotatable bonds is 5. The number of morpholine rings is 1. The van der Waals surface area contributed by atoms with E-state index in [4.69, 9.17) is 9.47 Å². The Balaban J connectivity index is 1.91. The average molecular weight is 368 g/mol. The number of aryl methyl sites for hydroxylation is 1. The van der Waals surface area contributed by atoms with Crippen molar-refractivity contribution in [2.24, 2.45) is 0 Å². The largest absolute Gasteiger partial charge is 0.495 e. The molecule has 5 nitrogen and oxygen atoms in total. The highest BCUT2D eigenvalue weighted by Gasteiger charge is 2.33. The van der Waals surface area contributed by atoms with Gasteiger partial charge in [0.25, 0.3) is 0 Å². The van der Waals surface area contributed by atoms with Crippen molar-refractivity contribution < 1.29 is 14.3 Å². The second-order valence-corrected chi connectivity index (χ2v) is 7.22. The summed E-state index contributed by atoms with van der Waals surface area (Å²) >= 11 is 0. The Labute approximate surface area is 161 Å². The fraction of sp³-hybridized carbons (Fsp3) is 0.409. The van der Waals surface area contributed by atoms with Gasteiger partial charge in [0.2, 0.25) is 5.91 Å². The number of hydrogen-bond acceptors (Lipinski definition) is 4. The number of ether oxygens (including phenoxy) is 2. The van der Waals surface area contributed by atoms with Gasteiger partial charge in [-0.15, -0.1) is 0 Å². The highest BCUT2D eigenvalue weighted by atomic mass is 16.5. The molecule has 1 N–H and O–H groups in total. The number of anilines is 1. The Morgan fingerprint density at radius 2 is 1.81 bits per heavy atom. The van der Waals surface area contributed by atoms with E-state index in [1.54, 1.807) is 7.11 Å². The van der Waals surface area contributed by atoms with Gasteiger partial charge in [-0.2, -0.15) is 0 Å². The number of nitrogens with zero attached hydrogens (tertiary/aromatic N) is 1. The van der Waals surface area contributed by atoms with E-state index >= 15 is 0 Å². The van der Waals surface area contributed by atoms with Crippen molar-refractivity contribution in [1.29, 1.82) is 0 Å². The maximum atomic E-state index is 13.4. The molecule has 1 saturated heterocycles. The lowest BCUT2D eigenvalue weighted by atomic mass is 10.0. The Bertz CT molecular complexity index is 768. The highest BCUT2D eigenvalue weighted by molar-refractivity contribution is 5.96. The van der Waals surface area contributed by atoms with Crippen LogP contribution in [0.3, 0.4) is 0 Å². The predicted molar refractivity (Wildman–Crippen MR) is 107 cm³/mol. The molecule has 144 valence electrons. The molecular weight excluding hydrogens is 340 g/mol. The maximum Gasteiger partial charge on any atom is 0.246 e. The molecule has 0 bridgehead atoms. The normalized spacial score (nSPS) is 21.5.